The van der Waals surface area contributed by atoms with Crippen LogP contribution in [0.1, 0.15) is 71.6 Å². The Labute approximate surface area is 196 Å². The summed E-state index contributed by atoms with van der Waals surface area (Å²) < 4.78 is 15.4. The van der Waals surface area contributed by atoms with Crippen LogP contribution in [0, 0.1) is 5.92 Å². The van der Waals surface area contributed by atoms with E-state index in [9.17, 15) is 9.59 Å². The molecule has 1 aromatic rings. The van der Waals surface area contributed by atoms with Crippen molar-refractivity contribution in [1.82, 2.24) is 0 Å². The molecule has 0 aliphatic heterocycles. The van der Waals surface area contributed by atoms with Gasteiger partial charge in [0.1, 0.15) is 5.75 Å². The van der Waals surface area contributed by atoms with Gasteiger partial charge in [-0.15, -0.1) is 0 Å². The van der Waals surface area contributed by atoms with Crippen LogP contribution in [-0.2, 0) is 19.1 Å². The third-order valence-electron chi connectivity index (χ3n) is 6.04. The molecule has 6 heteroatoms. The van der Waals surface area contributed by atoms with Crippen LogP contribution in [0.3, 0.4) is 0 Å². The van der Waals surface area contributed by atoms with E-state index in [1.165, 1.54) is 43.3 Å². The molecule has 0 amide bonds. The van der Waals surface area contributed by atoms with Gasteiger partial charge in [0.25, 0.3) is 0 Å². The number of hydrogen-bond donors (Lipinski definition) is 0. The zero-order valence-corrected chi connectivity index (χ0v) is 21.9. The van der Waals surface area contributed by atoms with Crippen LogP contribution in [0.2, 0.25) is 19.1 Å². The number of rotatable bonds is 17. The normalized spacial score (nSPS) is 11.4. The lowest BCUT2D eigenvalue weighted by Gasteiger charge is -2.23. The standard InChI is InChI=1S/C26H44O5Si/c1-6-30-25(27)24(26(28)31-7-2)19-14-12-10-8-9-11-13-15-20-32(4,5)23-18-16-17-22(21-23)29-3/h16-18,21,24H,6-15,19-20H2,1-5H3. The molecule has 0 saturated heterocycles. The van der Waals surface area contributed by atoms with Gasteiger partial charge in [-0.1, -0.05) is 87.8 Å². The molecule has 0 N–H and O–H groups in total. The largest absolute Gasteiger partial charge is 0.497 e. The average molecular weight is 465 g/mol. The van der Waals surface area contributed by atoms with Crippen molar-refractivity contribution in [2.45, 2.75) is 90.8 Å². The first-order valence-corrected chi connectivity index (χ1v) is 15.5. The Morgan fingerprint density at radius 2 is 1.38 bits per heavy atom. The number of ether oxygens (including phenoxy) is 3. The maximum Gasteiger partial charge on any atom is 0.320 e. The fourth-order valence-electron chi connectivity index (χ4n) is 3.98. The second-order valence-electron chi connectivity index (χ2n) is 9.04. The summed E-state index contributed by atoms with van der Waals surface area (Å²) in [5.41, 5.74) is 0. The van der Waals surface area contributed by atoms with Crippen LogP contribution in [0.4, 0.5) is 0 Å². The van der Waals surface area contributed by atoms with Crippen molar-refractivity contribution in [3.05, 3.63) is 24.3 Å². The molecule has 32 heavy (non-hydrogen) atoms. The van der Waals surface area contributed by atoms with Gasteiger partial charge in [-0.2, -0.15) is 0 Å². The summed E-state index contributed by atoms with van der Waals surface area (Å²) in [6.07, 6.45) is 9.85. The minimum absolute atomic E-state index is 0.286. The SMILES string of the molecule is CCOC(=O)C(CCCCCCCCCC[Si](C)(C)c1cccc(OC)c1)C(=O)OCC. The molecule has 1 aromatic carbocycles. The van der Waals surface area contributed by atoms with Gasteiger partial charge in [0.05, 0.1) is 28.4 Å². The van der Waals surface area contributed by atoms with Gasteiger partial charge >= 0.3 is 11.9 Å². The van der Waals surface area contributed by atoms with Crippen molar-refractivity contribution in [2.75, 3.05) is 20.3 Å². The zero-order chi connectivity index (χ0) is 23.8. The van der Waals surface area contributed by atoms with Gasteiger partial charge in [0.15, 0.2) is 5.92 Å². The Morgan fingerprint density at radius 3 is 1.91 bits per heavy atom. The highest BCUT2D eigenvalue weighted by Crippen LogP contribution is 2.20. The zero-order valence-electron chi connectivity index (χ0n) is 20.9. The highest BCUT2D eigenvalue weighted by molar-refractivity contribution is 6.89. The maximum absolute atomic E-state index is 12.0. The lowest BCUT2D eigenvalue weighted by atomic mass is 10.00. The predicted octanol–water partition coefficient (Wildman–Crippen LogP) is 5.86. The van der Waals surface area contributed by atoms with Gasteiger partial charge in [-0.25, -0.2) is 0 Å². The monoisotopic (exact) mass is 464 g/mol. The first-order valence-electron chi connectivity index (χ1n) is 12.3. The van der Waals surface area contributed by atoms with Crippen LogP contribution in [0.25, 0.3) is 0 Å². The Balaban J connectivity index is 2.17. The van der Waals surface area contributed by atoms with E-state index in [4.69, 9.17) is 14.2 Å². The van der Waals surface area contributed by atoms with Gasteiger partial charge in [-0.3, -0.25) is 9.59 Å². The molecule has 0 spiro atoms. The van der Waals surface area contributed by atoms with Gasteiger partial charge in [0, 0.05) is 0 Å². The topological polar surface area (TPSA) is 61.8 Å². The molecule has 0 radical (unpaired) electrons. The summed E-state index contributed by atoms with van der Waals surface area (Å²) in [4.78, 5) is 24.0. The number of carbonyl (C=O) groups excluding carboxylic acids is 2. The summed E-state index contributed by atoms with van der Waals surface area (Å²) in [5.74, 6) is -0.719. The summed E-state index contributed by atoms with van der Waals surface area (Å²) >= 11 is 0. The van der Waals surface area contributed by atoms with E-state index in [2.05, 4.69) is 31.3 Å². The number of benzene rings is 1. The molecule has 0 aliphatic carbocycles. The second kappa shape index (κ2) is 15.9. The van der Waals surface area contributed by atoms with E-state index in [0.717, 1.165) is 25.0 Å². The minimum Gasteiger partial charge on any atom is -0.497 e. The number of hydrogen-bond acceptors (Lipinski definition) is 5. The summed E-state index contributed by atoms with van der Waals surface area (Å²) in [6, 6.07) is 9.89. The third kappa shape index (κ3) is 10.7. The molecular weight excluding hydrogens is 420 g/mol. The van der Waals surface area contributed by atoms with Crippen LogP contribution in [0.15, 0.2) is 24.3 Å². The highest BCUT2D eigenvalue weighted by Gasteiger charge is 2.28. The summed E-state index contributed by atoms with van der Waals surface area (Å²) in [7, 11) is 0.319. The Morgan fingerprint density at radius 1 is 0.844 bits per heavy atom. The smallest absolute Gasteiger partial charge is 0.320 e. The first kappa shape index (κ1) is 28.2. The quantitative estimate of drug-likeness (QED) is 0.125. The van der Waals surface area contributed by atoms with E-state index in [1.807, 2.05) is 6.07 Å². The number of methoxy groups -OCH3 is 1. The molecule has 0 saturated carbocycles. The predicted molar refractivity (Wildman–Crippen MR) is 133 cm³/mol. The van der Waals surface area contributed by atoms with E-state index in [-0.39, 0.29) is 13.2 Å². The van der Waals surface area contributed by atoms with Crippen LogP contribution >= 0.6 is 0 Å². The van der Waals surface area contributed by atoms with Crippen molar-refractivity contribution in [3.8, 4) is 5.75 Å². The number of carbonyl (C=O) groups is 2. The average Bonchev–Trinajstić information content (AvgIpc) is 2.77. The Bertz CT molecular complexity index is 656. The summed E-state index contributed by atoms with van der Waals surface area (Å²) in [5, 5.41) is 1.47. The molecule has 0 heterocycles. The van der Waals surface area contributed by atoms with E-state index < -0.39 is 25.9 Å². The fraction of sp³-hybridized carbons (Fsp3) is 0.692. The molecule has 0 fully saturated rings. The maximum atomic E-state index is 12.0. The molecule has 0 aromatic heterocycles. The Hall–Kier alpha value is -1.82. The lowest BCUT2D eigenvalue weighted by molar-refractivity contribution is -0.161. The van der Waals surface area contributed by atoms with E-state index in [0.29, 0.717) is 6.42 Å². The molecular formula is C26H44O5Si. The number of esters is 2. The molecule has 182 valence electrons. The van der Waals surface area contributed by atoms with Crippen molar-refractivity contribution in [3.63, 3.8) is 0 Å². The fourth-order valence-corrected chi connectivity index (χ4v) is 6.49. The van der Waals surface area contributed by atoms with E-state index in [1.54, 1.807) is 21.0 Å². The third-order valence-corrected chi connectivity index (χ3v) is 9.52. The first-order chi connectivity index (χ1) is 15.4. The molecule has 0 bridgehead atoms. The van der Waals surface area contributed by atoms with Crippen molar-refractivity contribution in [2.24, 2.45) is 5.92 Å². The molecule has 5 nitrogen and oxygen atoms in total. The minimum atomic E-state index is -1.41. The van der Waals surface area contributed by atoms with Crippen LogP contribution < -0.4 is 9.92 Å². The molecule has 0 unspecified atom stereocenters. The highest BCUT2D eigenvalue weighted by atomic mass is 28.3. The molecule has 0 atom stereocenters. The lowest BCUT2D eigenvalue weighted by Crippen LogP contribution is -2.40. The van der Waals surface area contributed by atoms with Crippen LogP contribution in [0.5, 0.6) is 5.75 Å². The second-order valence-corrected chi connectivity index (χ2v) is 13.9. The van der Waals surface area contributed by atoms with Gasteiger partial charge < -0.3 is 14.2 Å². The van der Waals surface area contributed by atoms with Crippen molar-refractivity contribution >= 4 is 25.2 Å². The molecule has 1 rings (SSSR count). The van der Waals surface area contributed by atoms with Crippen molar-refractivity contribution < 1.29 is 23.8 Å². The number of unbranched alkanes of at least 4 members (excludes halogenated alkanes) is 7. The van der Waals surface area contributed by atoms with Gasteiger partial charge in [0.2, 0.25) is 0 Å². The Kier molecular flexibility index (Phi) is 14.0. The van der Waals surface area contributed by atoms with Crippen LogP contribution in [-0.4, -0.2) is 40.3 Å². The molecule has 0 aliphatic rings. The van der Waals surface area contributed by atoms with Gasteiger partial charge in [-0.05, 0) is 32.4 Å². The van der Waals surface area contributed by atoms with E-state index >= 15 is 0 Å². The van der Waals surface area contributed by atoms with Crippen molar-refractivity contribution in [1.29, 1.82) is 0 Å². The summed E-state index contributed by atoms with van der Waals surface area (Å²) in [6.45, 7) is 8.97.